The minimum atomic E-state index is -0.901. The number of benzene rings is 3. The summed E-state index contributed by atoms with van der Waals surface area (Å²) >= 11 is 0. The molecular weight excluding hydrogens is 765 g/mol. The van der Waals surface area contributed by atoms with Crippen LogP contribution in [-0.2, 0) is 19.1 Å². The second-order valence-electron chi connectivity index (χ2n) is 14.8. The molecule has 60 heavy (non-hydrogen) atoms. The quantitative estimate of drug-likeness (QED) is 0.118. The van der Waals surface area contributed by atoms with Crippen molar-refractivity contribution in [3.8, 4) is 22.6 Å². The average Bonchev–Trinajstić information content (AvgIpc) is 4.15. The third-order valence-electron chi connectivity index (χ3n) is 11.2. The van der Waals surface area contributed by atoms with Gasteiger partial charge in [-0.1, -0.05) is 84.9 Å². The number of carbonyl (C=O) groups is 4. The lowest BCUT2D eigenvalue weighted by Crippen LogP contribution is -2.54. The van der Waals surface area contributed by atoms with Gasteiger partial charge in [-0.25, -0.2) is 24.5 Å². The monoisotopic (exact) mass is 810 g/mol. The van der Waals surface area contributed by atoms with Crippen molar-refractivity contribution >= 4 is 29.7 Å². The summed E-state index contributed by atoms with van der Waals surface area (Å²) in [7, 11) is 2.55. The molecule has 0 radical (unpaired) electrons. The number of rotatable bonds is 11. The molecule has 16 heteroatoms. The molecule has 16 nitrogen and oxygen atoms in total. The Kier molecular flexibility index (Phi) is 11.7. The summed E-state index contributed by atoms with van der Waals surface area (Å²) in [6, 6.07) is 24.0. The molecule has 308 valence electrons. The van der Waals surface area contributed by atoms with Crippen LogP contribution in [0.5, 0.6) is 0 Å². The molecule has 5 atom stereocenters. The fourth-order valence-electron chi connectivity index (χ4n) is 8.14. The SMILES string of the molecule is COC(=O)N[C@@H](C(=O)N1CCC[C@H]1c1ncc(-c2cnc(-c3ccc(C4=CNC([C@@H]5CCCN5C(=O)[C@H](NC(=O)OC)c5ccccc5)N4)cc3)nc2)[nH]1)c1ccccc1. The van der Waals surface area contributed by atoms with E-state index in [0.717, 1.165) is 53.8 Å². The minimum absolute atomic E-state index is 0.143. The molecule has 0 bridgehead atoms. The molecule has 0 saturated carbocycles. The van der Waals surface area contributed by atoms with E-state index in [1.165, 1.54) is 14.2 Å². The lowest BCUT2D eigenvalue weighted by Gasteiger charge is -2.33. The summed E-state index contributed by atoms with van der Waals surface area (Å²) in [6.07, 6.45) is 8.71. The highest BCUT2D eigenvalue weighted by molar-refractivity contribution is 5.88. The van der Waals surface area contributed by atoms with E-state index in [1.807, 2.05) is 83.9 Å². The third-order valence-corrected chi connectivity index (χ3v) is 11.2. The van der Waals surface area contributed by atoms with Crippen molar-refractivity contribution in [3.05, 3.63) is 132 Å². The Morgan fingerprint density at radius 2 is 1.25 bits per heavy atom. The van der Waals surface area contributed by atoms with Crippen molar-refractivity contribution < 1.29 is 28.7 Å². The normalized spacial score (nSPS) is 19.4. The predicted molar refractivity (Wildman–Crippen MR) is 221 cm³/mol. The zero-order valence-corrected chi connectivity index (χ0v) is 33.2. The molecule has 2 fully saturated rings. The molecule has 5 heterocycles. The number of aromatic nitrogens is 4. The number of likely N-dealkylation sites (tertiary alicyclic amines) is 2. The van der Waals surface area contributed by atoms with Gasteiger partial charge in [0.2, 0.25) is 5.91 Å². The van der Waals surface area contributed by atoms with Crippen LogP contribution in [0.4, 0.5) is 9.59 Å². The smallest absolute Gasteiger partial charge is 0.407 e. The van der Waals surface area contributed by atoms with Crippen molar-refractivity contribution in [2.24, 2.45) is 0 Å². The van der Waals surface area contributed by atoms with Gasteiger partial charge in [-0.2, -0.15) is 0 Å². The first kappa shape index (κ1) is 39.6. The molecule has 8 rings (SSSR count). The molecule has 2 saturated heterocycles. The zero-order valence-electron chi connectivity index (χ0n) is 33.2. The third kappa shape index (κ3) is 8.34. The maximum atomic E-state index is 13.9. The van der Waals surface area contributed by atoms with Gasteiger partial charge in [-0.05, 0) is 42.4 Å². The summed E-state index contributed by atoms with van der Waals surface area (Å²) in [5.41, 5.74) is 5.49. The maximum absolute atomic E-state index is 13.9. The molecule has 4 amide bonds. The van der Waals surface area contributed by atoms with Crippen LogP contribution in [0.15, 0.2) is 110 Å². The van der Waals surface area contributed by atoms with Crippen LogP contribution in [0.25, 0.3) is 28.3 Å². The van der Waals surface area contributed by atoms with E-state index in [2.05, 4.69) is 41.2 Å². The van der Waals surface area contributed by atoms with Crippen molar-refractivity contribution in [1.29, 1.82) is 0 Å². The van der Waals surface area contributed by atoms with Crippen LogP contribution in [0.3, 0.4) is 0 Å². The van der Waals surface area contributed by atoms with E-state index in [-0.39, 0.29) is 30.1 Å². The van der Waals surface area contributed by atoms with Gasteiger partial charge in [-0.3, -0.25) is 9.59 Å². The summed E-state index contributed by atoms with van der Waals surface area (Å²) in [5, 5.41) is 12.4. The number of carbonyl (C=O) groups excluding carboxylic acids is 4. The Balaban J connectivity index is 0.899. The predicted octanol–water partition coefficient (Wildman–Crippen LogP) is 5.20. The van der Waals surface area contributed by atoms with Gasteiger partial charge in [0.05, 0.1) is 43.9 Å². The Morgan fingerprint density at radius 3 is 1.87 bits per heavy atom. The summed E-state index contributed by atoms with van der Waals surface area (Å²) in [4.78, 5) is 73.1. The molecule has 3 aliphatic heterocycles. The Morgan fingerprint density at radius 1 is 0.683 bits per heavy atom. The largest absolute Gasteiger partial charge is 0.453 e. The van der Waals surface area contributed by atoms with Gasteiger partial charge in [0, 0.05) is 42.8 Å². The zero-order chi connectivity index (χ0) is 41.6. The first-order chi connectivity index (χ1) is 29.3. The number of H-pyrrole nitrogens is 1. The van der Waals surface area contributed by atoms with E-state index in [4.69, 9.17) is 9.47 Å². The van der Waals surface area contributed by atoms with Gasteiger partial charge in [0.25, 0.3) is 5.91 Å². The van der Waals surface area contributed by atoms with E-state index in [0.29, 0.717) is 35.9 Å². The average molecular weight is 811 g/mol. The van der Waals surface area contributed by atoms with Crippen LogP contribution >= 0.6 is 0 Å². The second-order valence-corrected chi connectivity index (χ2v) is 14.8. The number of ether oxygens (including phenoxy) is 2. The molecule has 3 aliphatic rings. The van der Waals surface area contributed by atoms with Gasteiger partial charge < -0.3 is 45.5 Å². The molecule has 1 unspecified atom stereocenters. The van der Waals surface area contributed by atoms with Crippen molar-refractivity contribution in [2.45, 2.75) is 56.0 Å². The van der Waals surface area contributed by atoms with Gasteiger partial charge in [-0.15, -0.1) is 0 Å². The first-order valence-electron chi connectivity index (χ1n) is 19.9. The minimum Gasteiger partial charge on any atom is -0.453 e. The van der Waals surface area contributed by atoms with Crippen LogP contribution in [0, 0.1) is 0 Å². The summed E-state index contributed by atoms with van der Waals surface area (Å²) in [6.45, 7) is 1.10. The summed E-state index contributed by atoms with van der Waals surface area (Å²) in [5.74, 6) is 0.773. The van der Waals surface area contributed by atoms with Crippen molar-refractivity contribution in [1.82, 2.24) is 51.0 Å². The van der Waals surface area contributed by atoms with Gasteiger partial charge in [0.15, 0.2) is 5.82 Å². The number of imidazole rings is 1. The van der Waals surface area contributed by atoms with Gasteiger partial charge in [0.1, 0.15) is 24.1 Å². The lowest BCUT2D eigenvalue weighted by atomic mass is 10.0. The molecule has 0 aliphatic carbocycles. The van der Waals surface area contributed by atoms with E-state index in [9.17, 15) is 19.2 Å². The fraction of sp³-hybridized carbons (Fsp3) is 0.295. The number of nitrogens with zero attached hydrogens (tertiary/aromatic N) is 5. The van der Waals surface area contributed by atoms with Crippen LogP contribution in [0.2, 0.25) is 0 Å². The Hall–Kier alpha value is -7.23. The van der Waals surface area contributed by atoms with E-state index >= 15 is 0 Å². The van der Waals surface area contributed by atoms with Crippen LogP contribution < -0.4 is 21.3 Å². The maximum Gasteiger partial charge on any atom is 0.407 e. The topological polar surface area (TPSA) is 196 Å². The molecular formula is C44H46N10O6. The first-order valence-corrected chi connectivity index (χ1v) is 19.9. The number of alkyl carbamates (subject to hydrolysis) is 2. The number of hydrogen-bond acceptors (Lipinski definition) is 11. The van der Waals surface area contributed by atoms with E-state index in [1.54, 1.807) is 35.6 Å². The number of nitrogens with one attached hydrogen (secondary N) is 5. The van der Waals surface area contributed by atoms with E-state index < -0.39 is 24.3 Å². The Bertz CT molecular complexity index is 2340. The highest BCUT2D eigenvalue weighted by atomic mass is 16.5. The molecule has 5 N–H and O–H groups in total. The second kappa shape index (κ2) is 17.7. The van der Waals surface area contributed by atoms with Gasteiger partial charge >= 0.3 is 12.2 Å². The van der Waals surface area contributed by atoms with Crippen molar-refractivity contribution in [2.75, 3.05) is 27.3 Å². The standard InChI is InChI=1S/C44H46N10O6/c1-59-43(57)51-36(28-11-5-3-6-12-28)41(55)53-21-9-15-34(53)39-47-25-32(49-39)27-17-19-30(20-18-27)38-45-23-31(24-46-38)33-26-48-40(50-33)35-16-10-22-54(35)42(56)37(52-44(58)60-2)29-13-7-4-8-14-29/h3-8,11-14,17-20,23-26,34-37,39,47,49H,9-10,15-16,21-22H2,1-2H3,(H,48,50)(H,51,57)(H,52,58)/t34-,35-,36+,37+,39?/m0/s1. The Labute approximate surface area is 346 Å². The molecule has 5 aromatic rings. The number of aromatic amines is 1. The highest BCUT2D eigenvalue weighted by Gasteiger charge is 2.40. The molecule has 3 aromatic carbocycles. The van der Waals surface area contributed by atoms with Crippen LogP contribution in [-0.4, -0.2) is 93.3 Å². The van der Waals surface area contributed by atoms with Crippen molar-refractivity contribution in [3.63, 3.8) is 0 Å². The molecule has 0 spiro atoms. The highest BCUT2D eigenvalue weighted by Crippen LogP contribution is 2.34. The molecule has 2 aromatic heterocycles. The lowest BCUT2D eigenvalue weighted by molar-refractivity contribution is -0.135. The van der Waals surface area contributed by atoms with Crippen LogP contribution in [0.1, 0.15) is 66.3 Å². The fourth-order valence-corrected chi connectivity index (χ4v) is 8.14. The number of hydrogen-bond donors (Lipinski definition) is 5. The number of methoxy groups -OCH3 is 2. The number of amides is 4. The summed E-state index contributed by atoms with van der Waals surface area (Å²) < 4.78 is 9.65.